The number of carbonyl (C=O) groups excluding carboxylic acids is 1. The number of hydrogen-bond donors (Lipinski definition) is 0. The van der Waals surface area contributed by atoms with Crippen LogP contribution in [-0.2, 0) is 17.4 Å². The fourth-order valence-electron chi connectivity index (χ4n) is 3.25. The van der Waals surface area contributed by atoms with Crippen LogP contribution >= 0.6 is 0 Å². The summed E-state index contributed by atoms with van der Waals surface area (Å²) >= 11 is 0. The van der Waals surface area contributed by atoms with Crippen molar-refractivity contribution < 1.29 is 22.7 Å². The lowest BCUT2D eigenvalue weighted by Crippen LogP contribution is -2.45. The fraction of sp³-hybridized carbons (Fsp3) is 0.450. The Hall–Kier alpha value is -2.64. The van der Waals surface area contributed by atoms with E-state index >= 15 is 0 Å². The van der Waals surface area contributed by atoms with Gasteiger partial charge in [0.2, 0.25) is 5.91 Å². The highest BCUT2D eigenvalue weighted by Crippen LogP contribution is 2.29. The van der Waals surface area contributed by atoms with Crippen LogP contribution in [-0.4, -0.2) is 40.0 Å². The number of alkyl halides is 3. The number of hydrogen-bond acceptors (Lipinski definition) is 4. The highest BCUT2D eigenvalue weighted by Gasteiger charge is 2.30. The molecule has 1 aliphatic rings. The van der Waals surface area contributed by atoms with Gasteiger partial charge in [-0.25, -0.2) is 9.97 Å². The average Bonchev–Trinajstić information content (AvgIpc) is 2.61. The van der Waals surface area contributed by atoms with Gasteiger partial charge in [-0.3, -0.25) is 4.79 Å². The summed E-state index contributed by atoms with van der Waals surface area (Å²) in [5, 5.41) is 0. The molecule has 8 heteroatoms. The second-order valence-corrected chi connectivity index (χ2v) is 7.03. The van der Waals surface area contributed by atoms with E-state index in [1.54, 1.807) is 4.90 Å². The van der Waals surface area contributed by atoms with E-state index < -0.39 is 11.7 Å². The summed E-state index contributed by atoms with van der Waals surface area (Å²) < 4.78 is 43.8. The largest absolute Gasteiger partial charge is 0.458 e. The molecule has 1 unspecified atom stereocenters. The van der Waals surface area contributed by atoms with Crippen molar-refractivity contribution in [1.29, 1.82) is 0 Å². The molecule has 1 aromatic heterocycles. The van der Waals surface area contributed by atoms with Crippen LogP contribution in [0.4, 0.5) is 13.2 Å². The second-order valence-electron chi connectivity index (χ2n) is 7.03. The highest BCUT2D eigenvalue weighted by atomic mass is 19.4. The maximum atomic E-state index is 12.6. The summed E-state index contributed by atoms with van der Waals surface area (Å²) in [5.41, 5.74) is 1.46. The molecule has 28 heavy (non-hydrogen) atoms. The first kappa shape index (κ1) is 20.1. The molecule has 3 rings (SSSR count). The average molecular weight is 393 g/mol. The molecule has 0 bridgehead atoms. The van der Waals surface area contributed by atoms with Crippen LogP contribution in [0, 0.1) is 13.8 Å². The van der Waals surface area contributed by atoms with Crippen LogP contribution in [0.1, 0.15) is 35.4 Å². The standard InChI is InChI=1S/C20H22F3N3O2/c1-13-10-14(2)25-19(24-13)28-17-4-3-9-26(12-17)18(27)11-15-5-7-16(8-6-15)20(21,22)23/h5-8,10,17H,3-4,9,11-12H2,1-2H3. The van der Waals surface area contributed by atoms with Crippen molar-refractivity contribution >= 4 is 5.91 Å². The maximum absolute atomic E-state index is 12.6. The monoisotopic (exact) mass is 393 g/mol. The third-order valence-corrected chi connectivity index (χ3v) is 4.60. The van der Waals surface area contributed by atoms with Crippen molar-refractivity contribution in [2.24, 2.45) is 0 Å². The molecule has 0 aliphatic carbocycles. The Kier molecular flexibility index (Phi) is 5.86. The van der Waals surface area contributed by atoms with E-state index in [0.29, 0.717) is 24.7 Å². The molecular formula is C20H22F3N3O2. The zero-order valence-electron chi connectivity index (χ0n) is 15.8. The minimum absolute atomic E-state index is 0.0604. The quantitative estimate of drug-likeness (QED) is 0.794. The van der Waals surface area contributed by atoms with E-state index in [1.165, 1.54) is 12.1 Å². The number of piperidine rings is 1. The normalized spacial score (nSPS) is 17.5. The Morgan fingerprint density at radius 3 is 2.43 bits per heavy atom. The number of rotatable bonds is 4. The molecule has 0 spiro atoms. The molecule has 150 valence electrons. The summed E-state index contributed by atoms with van der Waals surface area (Å²) in [6.45, 7) is 4.74. The molecule has 1 saturated heterocycles. The highest BCUT2D eigenvalue weighted by molar-refractivity contribution is 5.79. The van der Waals surface area contributed by atoms with E-state index in [9.17, 15) is 18.0 Å². The SMILES string of the molecule is Cc1cc(C)nc(OC2CCCN(C(=O)Cc3ccc(C(F)(F)F)cc3)C2)n1. The number of aryl methyl sites for hydroxylation is 2. The van der Waals surface area contributed by atoms with Crippen LogP contribution in [0.2, 0.25) is 0 Å². The molecule has 2 heterocycles. The van der Waals surface area contributed by atoms with Gasteiger partial charge in [0.25, 0.3) is 0 Å². The van der Waals surface area contributed by atoms with E-state index in [0.717, 1.165) is 36.4 Å². The minimum atomic E-state index is -4.38. The summed E-state index contributed by atoms with van der Waals surface area (Å²) in [4.78, 5) is 22.8. The minimum Gasteiger partial charge on any atom is -0.458 e. The van der Waals surface area contributed by atoms with Gasteiger partial charge in [0.1, 0.15) is 6.10 Å². The van der Waals surface area contributed by atoms with E-state index in [1.807, 2.05) is 19.9 Å². The van der Waals surface area contributed by atoms with Gasteiger partial charge in [0.15, 0.2) is 0 Å². The van der Waals surface area contributed by atoms with Crippen molar-refractivity contribution in [3.63, 3.8) is 0 Å². The maximum Gasteiger partial charge on any atom is 0.416 e. The Balaban J connectivity index is 1.59. The van der Waals surface area contributed by atoms with Crippen molar-refractivity contribution in [1.82, 2.24) is 14.9 Å². The lowest BCUT2D eigenvalue weighted by atomic mass is 10.1. The summed E-state index contributed by atoms with van der Waals surface area (Å²) in [5.74, 6) is -0.130. The van der Waals surface area contributed by atoms with Crippen LogP contribution < -0.4 is 4.74 Å². The van der Waals surface area contributed by atoms with Crippen LogP contribution in [0.25, 0.3) is 0 Å². The number of amides is 1. The van der Waals surface area contributed by atoms with Gasteiger partial charge in [0.05, 0.1) is 18.5 Å². The molecule has 0 saturated carbocycles. The Labute approximate surface area is 161 Å². The first-order valence-corrected chi connectivity index (χ1v) is 9.13. The smallest absolute Gasteiger partial charge is 0.416 e. The van der Waals surface area contributed by atoms with E-state index in [2.05, 4.69) is 9.97 Å². The molecule has 0 radical (unpaired) electrons. The first-order valence-electron chi connectivity index (χ1n) is 9.13. The van der Waals surface area contributed by atoms with Gasteiger partial charge >= 0.3 is 12.2 Å². The van der Waals surface area contributed by atoms with Crippen LogP contribution in [0.15, 0.2) is 30.3 Å². The van der Waals surface area contributed by atoms with Crippen LogP contribution in [0.3, 0.4) is 0 Å². The molecular weight excluding hydrogens is 371 g/mol. The van der Waals surface area contributed by atoms with Gasteiger partial charge in [-0.1, -0.05) is 12.1 Å². The molecule has 1 aromatic carbocycles. The van der Waals surface area contributed by atoms with Gasteiger partial charge < -0.3 is 9.64 Å². The number of aromatic nitrogens is 2. The third kappa shape index (κ3) is 5.21. The molecule has 5 nitrogen and oxygen atoms in total. The first-order chi connectivity index (χ1) is 13.2. The van der Waals surface area contributed by atoms with Crippen LogP contribution in [0.5, 0.6) is 6.01 Å². The molecule has 2 aromatic rings. The third-order valence-electron chi connectivity index (χ3n) is 4.60. The zero-order chi connectivity index (χ0) is 20.3. The van der Waals surface area contributed by atoms with Crippen molar-refractivity contribution in [2.75, 3.05) is 13.1 Å². The van der Waals surface area contributed by atoms with E-state index in [-0.39, 0.29) is 18.4 Å². The Morgan fingerprint density at radius 2 is 1.82 bits per heavy atom. The molecule has 1 amide bonds. The molecule has 1 fully saturated rings. The predicted molar refractivity (Wildman–Crippen MR) is 96.9 cm³/mol. The van der Waals surface area contributed by atoms with Gasteiger partial charge in [-0.15, -0.1) is 0 Å². The topological polar surface area (TPSA) is 55.3 Å². The van der Waals surface area contributed by atoms with E-state index in [4.69, 9.17) is 4.74 Å². The van der Waals surface area contributed by atoms with Gasteiger partial charge in [-0.05, 0) is 50.5 Å². The summed E-state index contributed by atoms with van der Waals surface area (Å²) in [6.07, 6.45) is -2.94. The van der Waals surface area contributed by atoms with Crippen molar-refractivity contribution in [3.05, 3.63) is 52.8 Å². The summed E-state index contributed by atoms with van der Waals surface area (Å²) in [6, 6.07) is 6.86. The molecule has 1 atom stereocenters. The lowest BCUT2D eigenvalue weighted by molar-refractivity contribution is -0.137. The van der Waals surface area contributed by atoms with Gasteiger partial charge in [-0.2, -0.15) is 13.2 Å². The summed E-state index contributed by atoms with van der Waals surface area (Å²) in [7, 11) is 0. The number of benzene rings is 1. The number of ether oxygens (including phenoxy) is 1. The lowest BCUT2D eigenvalue weighted by Gasteiger charge is -2.32. The van der Waals surface area contributed by atoms with Crippen molar-refractivity contribution in [3.8, 4) is 6.01 Å². The number of carbonyl (C=O) groups is 1. The zero-order valence-corrected chi connectivity index (χ0v) is 15.8. The second kappa shape index (κ2) is 8.16. The fourth-order valence-corrected chi connectivity index (χ4v) is 3.25. The number of halogens is 3. The van der Waals surface area contributed by atoms with Crippen molar-refractivity contribution in [2.45, 2.75) is 45.4 Å². The molecule has 1 aliphatic heterocycles. The number of likely N-dealkylation sites (tertiary alicyclic amines) is 1. The number of nitrogens with zero attached hydrogens (tertiary/aromatic N) is 3. The van der Waals surface area contributed by atoms with Gasteiger partial charge in [0, 0.05) is 17.9 Å². The predicted octanol–water partition coefficient (Wildman–Crippen LogP) is 3.72. The molecule has 0 N–H and O–H groups in total. The Bertz CT molecular complexity index is 817. The Morgan fingerprint density at radius 1 is 1.18 bits per heavy atom.